The highest BCUT2D eigenvalue weighted by Crippen LogP contribution is 2.21. The predicted octanol–water partition coefficient (Wildman–Crippen LogP) is 4.41. The Labute approximate surface area is 80.9 Å². The molecule has 0 amide bonds. The second-order valence-electron chi connectivity index (χ2n) is 3.38. The van der Waals surface area contributed by atoms with E-state index < -0.39 is 0 Å². The molecule has 0 radical (unpaired) electrons. The van der Waals surface area contributed by atoms with Gasteiger partial charge in [-0.15, -0.1) is 0 Å². The first-order valence-electron chi connectivity index (χ1n) is 4.74. The molecule has 0 saturated carbocycles. The summed E-state index contributed by atoms with van der Waals surface area (Å²) in [5.41, 5.74) is 2.03. The van der Waals surface area contributed by atoms with Gasteiger partial charge in [0.1, 0.15) is 5.83 Å². The number of halogens is 1. The highest BCUT2D eigenvalue weighted by atomic mass is 19.1. The fourth-order valence-electron chi connectivity index (χ4n) is 1.04. The smallest absolute Gasteiger partial charge is 0.119 e. The Morgan fingerprint density at radius 3 is 2.31 bits per heavy atom. The molecule has 0 aliphatic heterocycles. The van der Waals surface area contributed by atoms with Crippen molar-refractivity contribution in [2.24, 2.45) is 5.92 Å². The van der Waals surface area contributed by atoms with Gasteiger partial charge in [-0.25, -0.2) is 4.39 Å². The van der Waals surface area contributed by atoms with E-state index in [4.69, 9.17) is 0 Å². The molecule has 0 unspecified atom stereocenters. The van der Waals surface area contributed by atoms with Gasteiger partial charge in [0.15, 0.2) is 0 Å². The minimum absolute atomic E-state index is 0.182. The van der Waals surface area contributed by atoms with Gasteiger partial charge in [-0.1, -0.05) is 33.4 Å². The minimum Gasteiger partial charge on any atom is -0.207 e. The highest BCUT2D eigenvalue weighted by Gasteiger charge is 2.05. The summed E-state index contributed by atoms with van der Waals surface area (Å²) in [7, 11) is 0. The Balaban J connectivity index is 4.70. The molecule has 0 rings (SSSR count). The lowest BCUT2D eigenvalue weighted by Gasteiger charge is -2.11. The molecule has 0 aliphatic carbocycles. The molecule has 13 heavy (non-hydrogen) atoms. The third-order valence-electron chi connectivity index (χ3n) is 2.08. The summed E-state index contributed by atoms with van der Waals surface area (Å²) < 4.78 is 12.9. The maximum Gasteiger partial charge on any atom is 0.119 e. The van der Waals surface area contributed by atoms with Gasteiger partial charge in [-0.2, -0.15) is 0 Å². The summed E-state index contributed by atoms with van der Waals surface area (Å²) in [6, 6.07) is 0. The molecule has 0 fully saturated rings. The first-order valence-corrected chi connectivity index (χ1v) is 4.74. The van der Waals surface area contributed by atoms with Crippen molar-refractivity contribution in [3.63, 3.8) is 0 Å². The molecule has 74 valence electrons. The molecular weight excluding hydrogens is 163 g/mol. The summed E-state index contributed by atoms with van der Waals surface area (Å²) in [6.45, 7) is 11.8. The second kappa shape index (κ2) is 5.74. The molecular formula is C12H19F. The van der Waals surface area contributed by atoms with Crippen LogP contribution >= 0.6 is 0 Å². The molecule has 0 bridgehead atoms. The van der Waals surface area contributed by atoms with Crippen molar-refractivity contribution in [2.45, 2.75) is 34.1 Å². The Kier molecular flexibility index (Phi) is 5.36. The van der Waals surface area contributed by atoms with Crippen LogP contribution in [-0.4, -0.2) is 0 Å². The van der Waals surface area contributed by atoms with E-state index in [1.165, 1.54) is 6.08 Å². The molecule has 0 nitrogen and oxygen atoms in total. The van der Waals surface area contributed by atoms with Crippen LogP contribution in [-0.2, 0) is 0 Å². The predicted molar refractivity (Wildman–Crippen MR) is 57.2 cm³/mol. The lowest BCUT2D eigenvalue weighted by Crippen LogP contribution is -1.96. The van der Waals surface area contributed by atoms with Gasteiger partial charge in [0.2, 0.25) is 0 Å². The zero-order chi connectivity index (χ0) is 10.4. The second-order valence-corrected chi connectivity index (χ2v) is 3.38. The molecule has 0 saturated heterocycles. The van der Waals surface area contributed by atoms with Crippen LogP contribution in [0, 0.1) is 5.92 Å². The maximum atomic E-state index is 12.9. The first kappa shape index (κ1) is 12.2. The summed E-state index contributed by atoms with van der Waals surface area (Å²) in [4.78, 5) is 0. The number of hydrogen-bond donors (Lipinski definition) is 0. The number of hydrogen-bond acceptors (Lipinski definition) is 0. The standard InChI is InChI=1S/C12H19F/c1-6-11(8-12(13)7-2)10(5)9(3)4/h7-9H,5-6H2,1-4H3/b11-8-,12-7+. The molecule has 0 spiro atoms. The van der Waals surface area contributed by atoms with E-state index in [0.29, 0.717) is 5.92 Å². The molecule has 0 aromatic heterocycles. The van der Waals surface area contributed by atoms with Gasteiger partial charge in [0.25, 0.3) is 0 Å². The monoisotopic (exact) mass is 182 g/mol. The fourth-order valence-corrected chi connectivity index (χ4v) is 1.04. The van der Waals surface area contributed by atoms with Crippen molar-refractivity contribution < 1.29 is 4.39 Å². The Hall–Kier alpha value is -0.850. The fraction of sp³-hybridized carbons (Fsp3) is 0.500. The van der Waals surface area contributed by atoms with Crippen LogP contribution in [0.15, 0.2) is 35.7 Å². The van der Waals surface area contributed by atoms with Gasteiger partial charge < -0.3 is 0 Å². The van der Waals surface area contributed by atoms with Crippen LogP contribution in [0.2, 0.25) is 0 Å². The van der Waals surface area contributed by atoms with Gasteiger partial charge in [0, 0.05) is 0 Å². The average molecular weight is 182 g/mol. The van der Waals surface area contributed by atoms with E-state index in [-0.39, 0.29) is 5.83 Å². The quantitative estimate of drug-likeness (QED) is 0.565. The average Bonchev–Trinajstić information content (AvgIpc) is 2.12. The first-order chi connectivity index (χ1) is 6.02. The molecule has 1 heteroatoms. The lowest BCUT2D eigenvalue weighted by atomic mass is 9.95. The minimum atomic E-state index is -0.182. The highest BCUT2D eigenvalue weighted by molar-refractivity contribution is 5.34. The van der Waals surface area contributed by atoms with Crippen molar-refractivity contribution in [1.82, 2.24) is 0 Å². The Morgan fingerprint density at radius 2 is 2.00 bits per heavy atom. The Bertz CT molecular complexity index is 232. The van der Waals surface area contributed by atoms with Crippen molar-refractivity contribution in [3.8, 4) is 0 Å². The maximum absolute atomic E-state index is 12.9. The Morgan fingerprint density at radius 1 is 1.46 bits per heavy atom. The lowest BCUT2D eigenvalue weighted by molar-refractivity contribution is 0.660. The van der Waals surface area contributed by atoms with E-state index in [1.54, 1.807) is 13.0 Å². The third-order valence-corrected chi connectivity index (χ3v) is 2.08. The van der Waals surface area contributed by atoms with E-state index in [1.807, 2.05) is 6.92 Å². The summed E-state index contributed by atoms with van der Waals surface area (Å²) in [5.74, 6) is 0.203. The molecule has 0 aliphatic rings. The van der Waals surface area contributed by atoms with Gasteiger partial charge in [-0.05, 0) is 36.5 Å². The third kappa shape index (κ3) is 4.07. The molecule has 0 aromatic carbocycles. The van der Waals surface area contributed by atoms with E-state index >= 15 is 0 Å². The van der Waals surface area contributed by atoms with Crippen molar-refractivity contribution in [2.75, 3.05) is 0 Å². The topological polar surface area (TPSA) is 0 Å². The molecule has 0 heterocycles. The summed E-state index contributed by atoms with van der Waals surface area (Å²) in [6.07, 6.45) is 3.86. The number of allylic oxidation sites excluding steroid dienone is 5. The zero-order valence-electron chi connectivity index (χ0n) is 9.02. The number of rotatable bonds is 4. The van der Waals surface area contributed by atoms with Crippen LogP contribution in [0.5, 0.6) is 0 Å². The largest absolute Gasteiger partial charge is 0.207 e. The van der Waals surface area contributed by atoms with E-state index in [2.05, 4.69) is 20.4 Å². The SMILES string of the molecule is C=C(/C(=C\C(F)=C/C)CC)C(C)C. The van der Waals surface area contributed by atoms with Crippen molar-refractivity contribution in [1.29, 1.82) is 0 Å². The van der Waals surface area contributed by atoms with Crippen molar-refractivity contribution in [3.05, 3.63) is 35.7 Å². The van der Waals surface area contributed by atoms with E-state index in [0.717, 1.165) is 17.6 Å². The summed E-state index contributed by atoms with van der Waals surface area (Å²) in [5, 5.41) is 0. The zero-order valence-corrected chi connectivity index (χ0v) is 9.02. The van der Waals surface area contributed by atoms with Crippen LogP contribution in [0.4, 0.5) is 4.39 Å². The summed E-state index contributed by atoms with van der Waals surface area (Å²) >= 11 is 0. The molecule has 0 aromatic rings. The van der Waals surface area contributed by atoms with Gasteiger partial charge in [0.05, 0.1) is 0 Å². The van der Waals surface area contributed by atoms with E-state index in [9.17, 15) is 4.39 Å². The molecule has 0 N–H and O–H groups in total. The van der Waals surface area contributed by atoms with Gasteiger partial charge in [-0.3, -0.25) is 0 Å². The van der Waals surface area contributed by atoms with Crippen LogP contribution in [0.3, 0.4) is 0 Å². The van der Waals surface area contributed by atoms with Crippen LogP contribution < -0.4 is 0 Å². The normalized spacial score (nSPS) is 13.7. The van der Waals surface area contributed by atoms with Crippen molar-refractivity contribution >= 4 is 0 Å². The van der Waals surface area contributed by atoms with Crippen LogP contribution in [0.1, 0.15) is 34.1 Å². The molecule has 0 atom stereocenters. The van der Waals surface area contributed by atoms with Crippen LogP contribution in [0.25, 0.3) is 0 Å². The van der Waals surface area contributed by atoms with Gasteiger partial charge >= 0.3 is 0 Å².